The Labute approximate surface area is 132 Å². The van der Waals surface area contributed by atoms with Crippen molar-refractivity contribution in [3.8, 4) is 5.75 Å². The molecule has 0 aliphatic heterocycles. The minimum atomic E-state index is -0.786. The molecule has 1 aromatic rings. The zero-order chi connectivity index (χ0) is 16.5. The maximum atomic E-state index is 11.3. The third kappa shape index (κ3) is 5.93. The Morgan fingerprint density at radius 2 is 2.14 bits per heavy atom. The van der Waals surface area contributed by atoms with Crippen molar-refractivity contribution >= 4 is 11.7 Å². The molecule has 0 radical (unpaired) electrons. The van der Waals surface area contributed by atoms with Gasteiger partial charge < -0.3 is 20.9 Å². The van der Waals surface area contributed by atoms with E-state index in [1.807, 2.05) is 32.0 Å². The molecule has 0 amide bonds. The van der Waals surface area contributed by atoms with Crippen molar-refractivity contribution in [1.82, 2.24) is 5.32 Å². The summed E-state index contributed by atoms with van der Waals surface area (Å²) in [5.41, 5.74) is 7.65. The average Bonchev–Trinajstić information content (AvgIpc) is 2.46. The Morgan fingerprint density at radius 1 is 1.41 bits per heavy atom. The molecule has 5 nitrogen and oxygen atoms in total. The molecule has 0 bridgehead atoms. The number of ether oxygens (including phenoxy) is 1. The number of nitrogens with two attached hydrogens (primary N) is 1. The lowest BCUT2D eigenvalue weighted by atomic mass is 10.0. The summed E-state index contributed by atoms with van der Waals surface area (Å²) in [5, 5.41) is 12.4. The molecule has 0 saturated heterocycles. The van der Waals surface area contributed by atoms with Gasteiger partial charge in [-0.1, -0.05) is 25.8 Å². The van der Waals surface area contributed by atoms with Crippen molar-refractivity contribution in [3.05, 3.63) is 23.8 Å². The largest absolute Gasteiger partial charge is 0.492 e. The van der Waals surface area contributed by atoms with Gasteiger partial charge in [-0.3, -0.25) is 4.79 Å². The first-order valence-corrected chi connectivity index (χ1v) is 7.97. The van der Waals surface area contributed by atoms with Gasteiger partial charge >= 0.3 is 5.97 Å². The zero-order valence-corrected chi connectivity index (χ0v) is 13.8. The van der Waals surface area contributed by atoms with E-state index in [0.717, 1.165) is 24.8 Å². The van der Waals surface area contributed by atoms with Crippen LogP contribution < -0.4 is 15.8 Å². The highest BCUT2D eigenvalue weighted by Crippen LogP contribution is 2.23. The number of hydrogen-bond donors (Lipinski definition) is 3. The second-order valence-corrected chi connectivity index (χ2v) is 5.61. The summed E-state index contributed by atoms with van der Waals surface area (Å²) in [4.78, 5) is 11.3. The Hall–Kier alpha value is -1.75. The number of aliphatic carboxylic acids is 1. The molecule has 1 rings (SSSR count). The van der Waals surface area contributed by atoms with E-state index < -0.39 is 12.0 Å². The number of carboxylic acid groups (broad SMARTS) is 1. The maximum Gasteiger partial charge on any atom is 0.320 e. The molecular weight excluding hydrogens is 280 g/mol. The number of unbranched alkanes of at least 4 members (excludes halogenated alkanes) is 1. The van der Waals surface area contributed by atoms with Gasteiger partial charge in [-0.25, -0.2) is 0 Å². The molecule has 0 fully saturated rings. The van der Waals surface area contributed by atoms with Gasteiger partial charge in [-0.2, -0.15) is 0 Å². The van der Waals surface area contributed by atoms with Gasteiger partial charge in [0.15, 0.2) is 0 Å². The predicted octanol–water partition coefficient (Wildman–Crippen LogP) is 2.83. The first-order valence-electron chi connectivity index (χ1n) is 7.97. The number of nitrogen functional groups attached to an aromatic ring is 1. The Balaban J connectivity index is 2.61. The number of carboxylic acids is 1. The van der Waals surface area contributed by atoms with E-state index in [0.29, 0.717) is 24.5 Å². The Bertz CT molecular complexity index is 477. The van der Waals surface area contributed by atoms with Crippen LogP contribution in [-0.4, -0.2) is 29.8 Å². The second-order valence-electron chi connectivity index (χ2n) is 5.61. The molecule has 5 heteroatoms. The SMILES string of the molecule is CCCCC(NC(C)Cc1ccc(OCC)c(N)c1)C(=O)O. The van der Waals surface area contributed by atoms with Crippen LogP contribution in [0.2, 0.25) is 0 Å². The highest BCUT2D eigenvalue weighted by Gasteiger charge is 2.19. The van der Waals surface area contributed by atoms with Crippen molar-refractivity contribution in [2.75, 3.05) is 12.3 Å². The molecular formula is C17H28N2O3. The van der Waals surface area contributed by atoms with Gasteiger partial charge in [0.1, 0.15) is 11.8 Å². The molecule has 0 heterocycles. The van der Waals surface area contributed by atoms with Crippen LogP contribution in [0, 0.1) is 0 Å². The molecule has 0 aromatic heterocycles. The molecule has 0 spiro atoms. The van der Waals surface area contributed by atoms with E-state index in [9.17, 15) is 9.90 Å². The highest BCUT2D eigenvalue weighted by molar-refractivity contribution is 5.73. The molecule has 124 valence electrons. The molecule has 2 atom stereocenters. The lowest BCUT2D eigenvalue weighted by Crippen LogP contribution is -2.42. The van der Waals surface area contributed by atoms with Crippen molar-refractivity contribution in [2.45, 2.75) is 58.5 Å². The molecule has 1 aromatic carbocycles. The smallest absolute Gasteiger partial charge is 0.320 e. The number of benzene rings is 1. The highest BCUT2D eigenvalue weighted by atomic mass is 16.5. The molecule has 2 unspecified atom stereocenters. The van der Waals surface area contributed by atoms with Crippen molar-refractivity contribution < 1.29 is 14.6 Å². The fourth-order valence-corrected chi connectivity index (χ4v) is 2.45. The quantitative estimate of drug-likeness (QED) is 0.579. The number of nitrogens with one attached hydrogen (secondary N) is 1. The van der Waals surface area contributed by atoms with Crippen LogP contribution in [0.25, 0.3) is 0 Å². The number of carbonyl (C=O) groups is 1. The molecule has 4 N–H and O–H groups in total. The van der Waals surface area contributed by atoms with Crippen LogP contribution in [0.4, 0.5) is 5.69 Å². The minimum Gasteiger partial charge on any atom is -0.492 e. The standard InChI is InChI=1S/C17H28N2O3/c1-4-6-7-15(17(20)21)19-12(3)10-13-8-9-16(22-5-2)14(18)11-13/h8-9,11-12,15,19H,4-7,10,18H2,1-3H3,(H,20,21). The zero-order valence-electron chi connectivity index (χ0n) is 13.8. The normalized spacial score (nSPS) is 13.6. The van der Waals surface area contributed by atoms with Gasteiger partial charge in [0.05, 0.1) is 12.3 Å². The summed E-state index contributed by atoms with van der Waals surface area (Å²) in [6.07, 6.45) is 3.29. The van der Waals surface area contributed by atoms with Crippen molar-refractivity contribution in [1.29, 1.82) is 0 Å². The summed E-state index contributed by atoms with van der Waals surface area (Å²) in [6.45, 7) is 6.56. The summed E-state index contributed by atoms with van der Waals surface area (Å²) >= 11 is 0. The van der Waals surface area contributed by atoms with E-state index >= 15 is 0 Å². The van der Waals surface area contributed by atoms with Crippen LogP contribution in [0.1, 0.15) is 45.6 Å². The van der Waals surface area contributed by atoms with Crippen LogP contribution in [0.5, 0.6) is 5.75 Å². The second kappa shape index (κ2) is 9.30. The molecule has 22 heavy (non-hydrogen) atoms. The lowest BCUT2D eigenvalue weighted by Gasteiger charge is -2.20. The maximum absolute atomic E-state index is 11.3. The van der Waals surface area contributed by atoms with Crippen molar-refractivity contribution in [2.24, 2.45) is 0 Å². The summed E-state index contributed by atoms with van der Waals surface area (Å²) < 4.78 is 5.42. The van der Waals surface area contributed by atoms with E-state index in [4.69, 9.17) is 10.5 Å². The first-order chi connectivity index (χ1) is 10.5. The first kappa shape index (κ1) is 18.3. The van der Waals surface area contributed by atoms with E-state index in [1.165, 1.54) is 0 Å². The fraction of sp³-hybridized carbons (Fsp3) is 0.588. The molecule has 0 saturated carbocycles. The summed E-state index contributed by atoms with van der Waals surface area (Å²) in [6, 6.07) is 5.31. The Kier molecular flexibility index (Phi) is 7.74. The topological polar surface area (TPSA) is 84.6 Å². The van der Waals surface area contributed by atoms with Crippen molar-refractivity contribution in [3.63, 3.8) is 0 Å². The number of rotatable bonds is 10. The fourth-order valence-electron chi connectivity index (χ4n) is 2.45. The summed E-state index contributed by atoms with van der Waals surface area (Å²) in [7, 11) is 0. The van der Waals surface area contributed by atoms with Crippen LogP contribution in [0.15, 0.2) is 18.2 Å². The predicted molar refractivity (Wildman–Crippen MR) is 89.3 cm³/mol. The van der Waals surface area contributed by atoms with Gasteiger partial charge in [-0.05, 0) is 44.4 Å². The minimum absolute atomic E-state index is 0.0651. The van der Waals surface area contributed by atoms with E-state index in [1.54, 1.807) is 0 Å². The van der Waals surface area contributed by atoms with Crippen LogP contribution in [0.3, 0.4) is 0 Å². The average molecular weight is 308 g/mol. The van der Waals surface area contributed by atoms with Crippen LogP contribution in [-0.2, 0) is 11.2 Å². The van der Waals surface area contributed by atoms with Gasteiger partial charge in [0.25, 0.3) is 0 Å². The van der Waals surface area contributed by atoms with Gasteiger partial charge in [0.2, 0.25) is 0 Å². The van der Waals surface area contributed by atoms with Gasteiger partial charge in [-0.15, -0.1) is 0 Å². The van der Waals surface area contributed by atoms with Gasteiger partial charge in [0, 0.05) is 6.04 Å². The molecule has 0 aliphatic carbocycles. The Morgan fingerprint density at radius 3 is 2.68 bits per heavy atom. The number of hydrogen-bond acceptors (Lipinski definition) is 4. The monoisotopic (exact) mass is 308 g/mol. The lowest BCUT2D eigenvalue weighted by molar-refractivity contribution is -0.139. The van der Waals surface area contributed by atoms with E-state index in [2.05, 4.69) is 12.2 Å². The number of anilines is 1. The molecule has 0 aliphatic rings. The van der Waals surface area contributed by atoms with E-state index in [-0.39, 0.29) is 6.04 Å². The third-order valence-electron chi connectivity index (χ3n) is 3.55. The van der Waals surface area contributed by atoms with Crippen LogP contribution >= 0.6 is 0 Å². The third-order valence-corrected chi connectivity index (χ3v) is 3.55. The summed E-state index contributed by atoms with van der Waals surface area (Å²) in [5.74, 6) is -0.0928.